The zero-order valence-electron chi connectivity index (χ0n) is 13.1. The molecule has 0 saturated carbocycles. The van der Waals surface area contributed by atoms with E-state index in [-0.39, 0.29) is 5.76 Å². The van der Waals surface area contributed by atoms with Crippen LogP contribution >= 0.6 is 11.6 Å². The quantitative estimate of drug-likeness (QED) is 0.587. The molecule has 0 bridgehead atoms. The fraction of sp³-hybridized carbons (Fsp3) is 0.176. The van der Waals surface area contributed by atoms with Crippen molar-refractivity contribution in [3.63, 3.8) is 0 Å². The third-order valence-corrected chi connectivity index (χ3v) is 4.12. The van der Waals surface area contributed by atoms with Gasteiger partial charge in [0.15, 0.2) is 5.76 Å². The molecule has 3 aromatic rings. The fourth-order valence-electron chi connectivity index (χ4n) is 2.36. The SMILES string of the molecule is Cc1cc(/C=N/NC(=O)c2cc3cc(Cl)ccc3o2)c(C)n1C. The number of aryl methyl sites for hydroxylation is 1. The third-order valence-electron chi connectivity index (χ3n) is 3.89. The standard InChI is InChI=1S/C17H16ClN3O2/c1-10-6-13(11(2)21(10)3)9-19-20-17(22)16-8-12-7-14(18)4-5-15(12)23-16/h4-9H,1-3H3,(H,20,22)/b19-9+. The highest BCUT2D eigenvalue weighted by molar-refractivity contribution is 6.31. The summed E-state index contributed by atoms with van der Waals surface area (Å²) in [4.78, 5) is 12.1. The molecule has 1 N–H and O–H groups in total. The maximum absolute atomic E-state index is 12.1. The highest BCUT2D eigenvalue weighted by atomic mass is 35.5. The summed E-state index contributed by atoms with van der Waals surface area (Å²) in [5.74, 6) is -0.209. The lowest BCUT2D eigenvalue weighted by Crippen LogP contribution is -2.16. The van der Waals surface area contributed by atoms with Gasteiger partial charge < -0.3 is 8.98 Å². The molecule has 6 heteroatoms. The molecule has 0 spiro atoms. The molecule has 0 saturated heterocycles. The Morgan fingerprint density at radius 3 is 2.78 bits per heavy atom. The van der Waals surface area contributed by atoms with Crippen LogP contribution in [-0.2, 0) is 7.05 Å². The summed E-state index contributed by atoms with van der Waals surface area (Å²) in [7, 11) is 1.99. The van der Waals surface area contributed by atoms with Crippen LogP contribution in [0.25, 0.3) is 11.0 Å². The lowest BCUT2D eigenvalue weighted by atomic mass is 10.2. The lowest BCUT2D eigenvalue weighted by Gasteiger charge is -1.99. The van der Waals surface area contributed by atoms with E-state index < -0.39 is 5.91 Å². The lowest BCUT2D eigenvalue weighted by molar-refractivity contribution is 0.0929. The zero-order chi connectivity index (χ0) is 16.6. The molecule has 3 rings (SSSR count). The van der Waals surface area contributed by atoms with Gasteiger partial charge in [-0.15, -0.1) is 0 Å². The number of halogens is 1. The van der Waals surface area contributed by atoms with Crippen molar-refractivity contribution in [1.29, 1.82) is 0 Å². The van der Waals surface area contributed by atoms with Crippen LogP contribution in [0.5, 0.6) is 0 Å². The van der Waals surface area contributed by atoms with Crippen molar-refractivity contribution >= 4 is 34.7 Å². The molecule has 0 fully saturated rings. The minimum Gasteiger partial charge on any atom is -0.451 e. The Morgan fingerprint density at radius 2 is 2.09 bits per heavy atom. The Bertz CT molecular complexity index is 921. The van der Waals surface area contributed by atoms with Crippen LogP contribution < -0.4 is 5.43 Å². The molecule has 0 unspecified atom stereocenters. The minimum absolute atomic E-state index is 0.195. The molecule has 1 aromatic carbocycles. The average molecular weight is 330 g/mol. The Labute approximate surface area is 138 Å². The van der Waals surface area contributed by atoms with E-state index in [0.717, 1.165) is 22.3 Å². The van der Waals surface area contributed by atoms with Crippen molar-refractivity contribution in [3.05, 3.63) is 58.1 Å². The largest absolute Gasteiger partial charge is 0.451 e. The number of nitrogens with zero attached hydrogens (tertiary/aromatic N) is 2. The van der Waals surface area contributed by atoms with Crippen LogP contribution in [0.1, 0.15) is 27.5 Å². The Balaban J connectivity index is 1.75. The first-order valence-electron chi connectivity index (χ1n) is 7.11. The van der Waals surface area contributed by atoms with E-state index in [1.165, 1.54) is 0 Å². The highest BCUT2D eigenvalue weighted by Gasteiger charge is 2.12. The van der Waals surface area contributed by atoms with E-state index in [0.29, 0.717) is 10.6 Å². The molecule has 2 aromatic heterocycles. The van der Waals surface area contributed by atoms with Crippen LogP contribution in [0, 0.1) is 13.8 Å². The van der Waals surface area contributed by atoms with Crippen LogP contribution in [0.3, 0.4) is 0 Å². The molecule has 23 heavy (non-hydrogen) atoms. The first kappa shape index (κ1) is 15.4. The van der Waals surface area contributed by atoms with Crippen LogP contribution in [0.15, 0.2) is 39.9 Å². The van der Waals surface area contributed by atoms with Gasteiger partial charge in [0.05, 0.1) is 6.21 Å². The number of aromatic nitrogens is 1. The number of fused-ring (bicyclic) bond motifs is 1. The minimum atomic E-state index is -0.404. The van der Waals surface area contributed by atoms with Gasteiger partial charge in [-0.2, -0.15) is 5.10 Å². The molecular weight excluding hydrogens is 314 g/mol. The smallest absolute Gasteiger partial charge is 0.307 e. The molecule has 1 amide bonds. The van der Waals surface area contributed by atoms with Crippen molar-refractivity contribution in [1.82, 2.24) is 9.99 Å². The van der Waals surface area contributed by atoms with Crippen molar-refractivity contribution in [3.8, 4) is 0 Å². The molecule has 0 radical (unpaired) electrons. The molecule has 0 aliphatic heterocycles. The summed E-state index contributed by atoms with van der Waals surface area (Å²) in [5.41, 5.74) is 6.25. The summed E-state index contributed by atoms with van der Waals surface area (Å²) in [6, 6.07) is 8.84. The van der Waals surface area contributed by atoms with E-state index >= 15 is 0 Å². The summed E-state index contributed by atoms with van der Waals surface area (Å²) < 4.78 is 7.55. The first-order valence-corrected chi connectivity index (χ1v) is 7.49. The number of benzene rings is 1. The average Bonchev–Trinajstić information content (AvgIpc) is 3.04. The van der Waals surface area contributed by atoms with Gasteiger partial charge >= 0.3 is 5.91 Å². The monoisotopic (exact) mass is 329 g/mol. The summed E-state index contributed by atoms with van der Waals surface area (Å²) >= 11 is 5.92. The van der Waals surface area contributed by atoms with Gasteiger partial charge in [0.2, 0.25) is 0 Å². The number of furan rings is 1. The summed E-state index contributed by atoms with van der Waals surface area (Å²) in [6.45, 7) is 4.02. The highest BCUT2D eigenvalue weighted by Crippen LogP contribution is 2.22. The molecule has 0 aliphatic rings. The molecule has 2 heterocycles. The van der Waals surface area contributed by atoms with Gasteiger partial charge in [-0.3, -0.25) is 4.79 Å². The topological polar surface area (TPSA) is 59.5 Å². The number of amides is 1. The maximum atomic E-state index is 12.1. The second kappa shape index (κ2) is 5.93. The van der Waals surface area contributed by atoms with Gasteiger partial charge in [0.1, 0.15) is 5.58 Å². The number of carbonyl (C=O) groups excluding carboxylic acids is 1. The van der Waals surface area contributed by atoms with E-state index in [4.69, 9.17) is 16.0 Å². The van der Waals surface area contributed by atoms with Crippen LogP contribution in [0.2, 0.25) is 5.02 Å². The van der Waals surface area contributed by atoms with Gasteiger partial charge in [0.25, 0.3) is 0 Å². The zero-order valence-corrected chi connectivity index (χ0v) is 13.8. The van der Waals surface area contributed by atoms with Gasteiger partial charge in [0, 0.05) is 34.4 Å². The van der Waals surface area contributed by atoms with Crippen LogP contribution in [0.4, 0.5) is 0 Å². The molecule has 5 nitrogen and oxygen atoms in total. The second-order valence-corrected chi connectivity index (χ2v) is 5.81. The number of nitrogens with one attached hydrogen (secondary N) is 1. The third kappa shape index (κ3) is 3.00. The van der Waals surface area contributed by atoms with E-state index in [1.807, 2.05) is 27.0 Å². The number of hydrogen-bond donors (Lipinski definition) is 1. The first-order chi connectivity index (χ1) is 11.0. The van der Waals surface area contributed by atoms with E-state index in [9.17, 15) is 4.79 Å². The van der Waals surface area contributed by atoms with E-state index in [1.54, 1.807) is 30.5 Å². The normalized spacial score (nSPS) is 11.5. The van der Waals surface area contributed by atoms with Gasteiger partial charge in [-0.1, -0.05) is 11.6 Å². The van der Waals surface area contributed by atoms with Crippen molar-refractivity contribution in [2.45, 2.75) is 13.8 Å². The molecular formula is C17H16ClN3O2. The van der Waals surface area contributed by atoms with Crippen LogP contribution in [-0.4, -0.2) is 16.7 Å². The second-order valence-electron chi connectivity index (χ2n) is 5.38. The van der Waals surface area contributed by atoms with Crippen molar-refractivity contribution in [2.75, 3.05) is 0 Å². The molecule has 0 atom stereocenters. The number of hydrogen-bond acceptors (Lipinski definition) is 3. The Kier molecular flexibility index (Phi) is 3.96. The van der Waals surface area contributed by atoms with Crippen molar-refractivity contribution < 1.29 is 9.21 Å². The summed E-state index contributed by atoms with van der Waals surface area (Å²) in [5, 5.41) is 5.37. The van der Waals surface area contributed by atoms with Gasteiger partial charge in [-0.25, -0.2) is 5.43 Å². The fourth-order valence-corrected chi connectivity index (χ4v) is 2.54. The number of rotatable bonds is 3. The van der Waals surface area contributed by atoms with Gasteiger partial charge in [-0.05, 0) is 44.2 Å². The predicted octanol–water partition coefficient (Wildman–Crippen LogP) is 3.81. The number of hydrazone groups is 1. The Morgan fingerprint density at radius 1 is 1.30 bits per heavy atom. The predicted molar refractivity (Wildman–Crippen MR) is 91.2 cm³/mol. The Hall–Kier alpha value is -2.53. The molecule has 118 valence electrons. The maximum Gasteiger partial charge on any atom is 0.307 e. The molecule has 0 aliphatic carbocycles. The van der Waals surface area contributed by atoms with Crippen molar-refractivity contribution in [2.24, 2.45) is 12.1 Å². The summed E-state index contributed by atoms with van der Waals surface area (Å²) in [6.07, 6.45) is 1.62. The number of carbonyl (C=O) groups is 1. The van der Waals surface area contributed by atoms with E-state index in [2.05, 4.69) is 15.1 Å².